The Bertz CT molecular complexity index is 1500. The number of rotatable bonds is 7. The van der Waals surface area contributed by atoms with Crippen molar-refractivity contribution in [2.24, 2.45) is 12.8 Å². The van der Waals surface area contributed by atoms with Crippen LogP contribution in [0.2, 0.25) is 0 Å². The zero-order valence-electron chi connectivity index (χ0n) is 21.1. The standard InChI is InChI=1S/C27H28F2N6O3/c1-34-13-17(25(33-34)15-3-8-24(38-2)22(29)9-15)14-35(18-4-6-19(36)7-5-18)27-31-12-20-21(28)10-16(26(30)37)11-23(20)32-27/h3,8-13,18-19,36H,4-7,14H2,1-2H3,(H2,30,37). The van der Waals surface area contributed by atoms with E-state index >= 15 is 0 Å². The summed E-state index contributed by atoms with van der Waals surface area (Å²) in [5.41, 5.74) is 7.65. The maximum atomic E-state index is 14.6. The van der Waals surface area contributed by atoms with Gasteiger partial charge in [-0.05, 0) is 56.0 Å². The first-order valence-electron chi connectivity index (χ1n) is 12.3. The number of ether oxygens (including phenoxy) is 1. The molecule has 0 spiro atoms. The average Bonchev–Trinajstić information content (AvgIpc) is 3.27. The summed E-state index contributed by atoms with van der Waals surface area (Å²) in [5.74, 6) is -1.40. The van der Waals surface area contributed by atoms with Crippen molar-refractivity contribution in [2.75, 3.05) is 12.0 Å². The van der Waals surface area contributed by atoms with Gasteiger partial charge in [0.15, 0.2) is 11.6 Å². The van der Waals surface area contributed by atoms with E-state index in [0.29, 0.717) is 49.4 Å². The number of carbonyl (C=O) groups is 1. The molecule has 1 aliphatic carbocycles. The number of halogens is 2. The highest BCUT2D eigenvalue weighted by Gasteiger charge is 2.29. The Morgan fingerprint density at radius 3 is 2.63 bits per heavy atom. The number of methoxy groups -OCH3 is 1. The first-order valence-corrected chi connectivity index (χ1v) is 12.3. The Balaban J connectivity index is 1.57. The van der Waals surface area contributed by atoms with Gasteiger partial charge in [-0.1, -0.05) is 0 Å². The monoisotopic (exact) mass is 522 g/mol. The molecule has 1 amide bonds. The third-order valence-electron chi connectivity index (χ3n) is 6.96. The number of benzene rings is 2. The molecule has 2 aromatic heterocycles. The molecule has 0 radical (unpaired) electrons. The highest BCUT2D eigenvalue weighted by molar-refractivity contribution is 5.96. The number of aliphatic hydroxyl groups is 1. The number of aromatic nitrogens is 4. The summed E-state index contributed by atoms with van der Waals surface area (Å²) in [6, 6.07) is 7.19. The quantitative estimate of drug-likeness (QED) is 0.380. The Kier molecular flexibility index (Phi) is 6.94. The van der Waals surface area contributed by atoms with Gasteiger partial charge in [-0.2, -0.15) is 5.10 Å². The Morgan fingerprint density at radius 2 is 1.95 bits per heavy atom. The Morgan fingerprint density at radius 1 is 1.18 bits per heavy atom. The minimum absolute atomic E-state index is 0.0133. The van der Waals surface area contributed by atoms with Gasteiger partial charge in [0.2, 0.25) is 11.9 Å². The third kappa shape index (κ3) is 5.01. The lowest BCUT2D eigenvalue weighted by molar-refractivity contribution is 0.1000. The van der Waals surface area contributed by atoms with Crippen molar-refractivity contribution in [2.45, 2.75) is 44.4 Å². The number of hydrogen-bond acceptors (Lipinski definition) is 7. The van der Waals surface area contributed by atoms with Crippen LogP contribution in [-0.4, -0.2) is 50.0 Å². The van der Waals surface area contributed by atoms with Gasteiger partial charge >= 0.3 is 0 Å². The van der Waals surface area contributed by atoms with Crippen molar-refractivity contribution in [1.82, 2.24) is 19.7 Å². The maximum absolute atomic E-state index is 14.6. The molecule has 0 unspecified atom stereocenters. The molecule has 3 N–H and O–H groups in total. The van der Waals surface area contributed by atoms with Crippen molar-refractivity contribution < 1.29 is 23.4 Å². The molecule has 2 aromatic carbocycles. The first kappa shape index (κ1) is 25.5. The van der Waals surface area contributed by atoms with E-state index in [9.17, 15) is 18.7 Å². The predicted octanol–water partition coefficient (Wildman–Crippen LogP) is 3.73. The van der Waals surface area contributed by atoms with Gasteiger partial charge in [-0.25, -0.2) is 18.7 Å². The van der Waals surface area contributed by atoms with Gasteiger partial charge in [0, 0.05) is 48.7 Å². The fourth-order valence-electron chi connectivity index (χ4n) is 4.99. The number of amides is 1. The predicted molar refractivity (Wildman–Crippen MR) is 138 cm³/mol. The number of hydrogen-bond donors (Lipinski definition) is 2. The van der Waals surface area contributed by atoms with Gasteiger partial charge in [0.05, 0.1) is 29.8 Å². The van der Waals surface area contributed by atoms with E-state index in [1.807, 2.05) is 11.1 Å². The summed E-state index contributed by atoms with van der Waals surface area (Å²) in [4.78, 5) is 22.8. The van der Waals surface area contributed by atoms with Crippen LogP contribution >= 0.6 is 0 Å². The van der Waals surface area contributed by atoms with Crippen molar-refractivity contribution in [3.05, 3.63) is 65.5 Å². The number of fused-ring (bicyclic) bond motifs is 1. The second kappa shape index (κ2) is 10.3. The summed E-state index contributed by atoms with van der Waals surface area (Å²) in [7, 11) is 3.19. The SMILES string of the molecule is COc1ccc(-c2nn(C)cc2CN(c2ncc3c(F)cc(C(N)=O)cc3n2)C2CCC(O)CC2)cc1F. The highest BCUT2D eigenvalue weighted by Crippen LogP contribution is 2.32. The minimum atomic E-state index is -0.754. The molecule has 0 atom stereocenters. The van der Waals surface area contributed by atoms with E-state index in [-0.39, 0.29) is 34.4 Å². The van der Waals surface area contributed by atoms with Crippen LogP contribution in [0.5, 0.6) is 5.75 Å². The number of nitrogens with two attached hydrogens (primary N) is 1. The molecule has 0 bridgehead atoms. The van der Waals surface area contributed by atoms with Crippen LogP contribution in [-0.2, 0) is 13.6 Å². The van der Waals surface area contributed by atoms with Gasteiger partial charge in [0.1, 0.15) is 5.82 Å². The van der Waals surface area contributed by atoms with Crippen LogP contribution in [0.25, 0.3) is 22.2 Å². The number of carbonyl (C=O) groups excluding carboxylic acids is 1. The summed E-state index contributed by atoms with van der Waals surface area (Å²) in [5, 5.41) is 14.8. The number of aryl methyl sites for hydroxylation is 1. The second-order valence-corrected chi connectivity index (χ2v) is 9.54. The molecule has 11 heteroatoms. The number of primary amides is 1. The molecular formula is C27H28F2N6O3. The fourth-order valence-corrected chi connectivity index (χ4v) is 4.99. The van der Waals surface area contributed by atoms with E-state index < -0.39 is 17.5 Å². The maximum Gasteiger partial charge on any atom is 0.248 e. The molecule has 0 saturated heterocycles. The van der Waals surface area contributed by atoms with Crippen LogP contribution in [0.1, 0.15) is 41.6 Å². The van der Waals surface area contributed by atoms with Crippen molar-refractivity contribution in [3.63, 3.8) is 0 Å². The normalized spacial score (nSPS) is 17.5. The lowest BCUT2D eigenvalue weighted by Crippen LogP contribution is -2.39. The summed E-state index contributed by atoms with van der Waals surface area (Å²) in [6.45, 7) is 0.334. The summed E-state index contributed by atoms with van der Waals surface area (Å²) < 4.78 is 35.9. The molecule has 1 fully saturated rings. The molecule has 1 aliphatic rings. The van der Waals surface area contributed by atoms with E-state index in [1.54, 1.807) is 23.9 Å². The van der Waals surface area contributed by atoms with Crippen molar-refractivity contribution in [3.8, 4) is 17.0 Å². The number of nitrogens with zero attached hydrogens (tertiary/aromatic N) is 5. The molecular weight excluding hydrogens is 494 g/mol. The van der Waals surface area contributed by atoms with Crippen LogP contribution in [0.4, 0.5) is 14.7 Å². The van der Waals surface area contributed by atoms with Crippen LogP contribution in [0.15, 0.2) is 42.7 Å². The molecule has 38 heavy (non-hydrogen) atoms. The number of anilines is 1. The average molecular weight is 523 g/mol. The Labute approximate surface area is 217 Å². The molecule has 5 rings (SSSR count). The number of aliphatic hydroxyl groups excluding tert-OH is 1. The molecule has 4 aromatic rings. The van der Waals surface area contributed by atoms with Crippen LogP contribution in [0.3, 0.4) is 0 Å². The topological polar surface area (TPSA) is 119 Å². The zero-order valence-corrected chi connectivity index (χ0v) is 21.1. The highest BCUT2D eigenvalue weighted by atomic mass is 19.1. The van der Waals surface area contributed by atoms with E-state index in [0.717, 1.165) is 11.6 Å². The van der Waals surface area contributed by atoms with Crippen LogP contribution < -0.4 is 15.4 Å². The summed E-state index contributed by atoms with van der Waals surface area (Å²) >= 11 is 0. The Hall–Kier alpha value is -4.12. The van der Waals surface area contributed by atoms with E-state index in [4.69, 9.17) is 10.5 Å². The third-order valence-corrected chi connectivity index (χ3v) is 6.96. The first-order chi connectivity index (χ1) is 18.2. The molecule has 198 valence electrons. The van der Waals surface area contributed by atoms with E-state index in [2.05, 4.69) is 15.1 Å². The molecule has 2 heterocycles. The van der Waals surface area contributed by atoms with Gasteiger partial charge < -0.3 is 20.5 Å². The second-order valence-electron chi connectivity index (χ2n) is 9.54. The lowest BCUT2D eigenvalue weighted by Gasteiger charge is -2.36. The van der Waals surface area contributed by atoms with Gasteiger partial charge in [-0.15, -0.1) is 0 Å². The molecule has 1 saturated carbocycles. The molecule has 0 aliphatic heterocycles. The van der Waals surface area contributed by atoms with Gasteiger partial charge in [-0.3, -0.25) is 9.48 Å². The van der Waals surface area contributed by atoms with E-state index in [1.165, 1.54) is 25.4 Å². The van der Waals surface area contributed by atoms with Crippen molar-refractivity contribution in [1.29, 1.82) is 0 Å². The largest absolute Gasteiger partial charge is 0.494 e. The van der Waals surface area contributed by atoms with Crippen LogP contribution in [0, 0.1) is 11.6 Å². The molecule has 9 nitrogen and oxygen atoms in total. The zero-order chi connectivity index (χ0) is 27.0. The lowest BCUT2D eigenvalue weighted by atomic mass is 9.91. The van der Waals surface area contributed by atoms with Crippen molar-refractivity contribution >= 4 is 22.8 Å². The smallest absolute Gasteiger partial charge is 0.248 e. The fraction of sp³-hybridized carbons (Fsp3) is 0.333. The van der Waals surface area contributed by atoms with Gasteiger partial charge in [0.25, 0.3) is 0 Å². The minimum Gasteiger partial charge on any atom is -0.494 e. The summed E-state index contributed by atoms with van der Waals surface area (Å²) in [6.07, 6.45) is 5.53.